The fourth-order valence-corrected chi connectivity index (χ4v) is 12.1. The van der Waals surface area contributed by atoms with E-state index in [0.29, 0.717) is 27.1 Å². The molecule has 3 aromatic carbocycles. The normalized spacial score (nSPS) is 22.3. The molecular weight excluding hydrogens is 1160 g/mol. The van der Waals surface area contributed by atoms with Gasteiger partial charge in [0.25, 0.3) is 16.8 Å². The first kappa shape index (κ1) is 70.5. The molecule has 87 heavy (non-hydrogen) atoms. The molecule has 2 saturated heterocycles. The first-order valence-electron chi connectivity index (χ1n) is 30.3. The molecule has 6 rings (SSSR count). The van der Waals surface area contributed by atoms with Gasteiger partial charge in [0.05, 0.1) is 24.4 Å². The van der Waals surface area contributed by atoms with Crippen LogP contribution in [0, 0.1) is 0 Å². The van der Waals surface area contributed by atoms with Crippen LogP contribution in [0.5, 0.6) is 0 Å². The Kier molecular flexibility index (Phi) is 26.2. The zero-order valence-corrected chi connectivity index (χ0v) is 50.1. The summed E-state index contributed by atoms with van der Waals surface area (Å²) in [6.45, 7) is 3.73. The summed E-state index contributed by atoms with van der Waals surface area (Å²) in [6.07, 6.45) is -10.3. The van der Waals surface area contributed by atoms with Gasteiger partial charge in [0, 0.05) is 50.0 Å². The number of rotatable bonds is 35. The van der Waals surface area contributed by atoms with Crippen molar-refractivity contribution in [3.8, 4) is 0 Å². The van der Waals surface area contributed by atoms with E-state index in [2.05, 4.69) is 6.92 Å². The van der Waals surface area contributed by atoms with Crippen LogP contribution in [0.15, 0.2) is 103 Å². The third-order valence-electron chi connectivity index (χ3n) is 16.8. The molecule has 3 aliphatic heterocycles. The topological polar surface area (TPSA) is 151 Å². The Labute approximate surface area is 503 Å². The highest BCUT2D eigenvalue weighted by atomic mass is 19.4. The number of hydrogen-bond acceptors (Lipinski definition) is 13. The van der Waals surface area contributed by atoms with Crippen LogP contribution >= 0.6 is 0 Å². The van der Waals surface area contributed by atoms with Gasteiger partial charge in [-0.2, -0.15) is 39.5 Å². The highest BCUT2D eigenvalue weighted by molar-refractivity contribution is 5.91. The SMILES string of the molecule is CCCCCCCCCCCCCC[C@@H](OC(=O)[C@](OC)(c1ccccc1)C(F)(F)F)[C@H]1CC[C@H]([C@H]2CC[C@H]([C@@H](CCCC[C@H](CC3=C[C@H](C)OC3=O)OC(=O)[C@](OC)(c3ccccc3)C(F)(F)F)OC(=O)[C@](OC)(c3ccccc3)C(F)(F)F)O2)O1. The number of ether oxygens (including phenoxy) is 9. The van der Waals surface area contributed by atoms with Gasteiger partial charge in [-0.05, 0) is 77.2 Å². The molecule has 0 amide bonds. The predicted molar refractivity (Wildman–Crippen MR) is 301 cm³/mol. The van der Waals surface area contributed by atoms with Gasteiger partial charge in [0.1, 0.15) is 24.4 Å². The number of halogens is 9. The largest absolute Gasteiger partial charge is 0.459 e. The van der Waals surface area contributed by atoms with E-state index in [1.54, 1.807) is 6.92 Å². The van der Waals surface area contributed by atoms with Crippen LogP contribution in [-0.2, 0) is 78.6 Å². The summed E-state index contributed by atoms with van der Waals surface area (Å²) in [5.41, 5.74) is -12.3. The van der Waals surface area contributed by atoms with Gasteiger partial charge in [0.15, 0.2) is 0 Å². The maximum Gasteiger partial charge on any atom is 0.432 e. The second kappa shape index (κ2) is 32.3. The van der Waals surface area contributed by atoms with Crippen LogP contribution in [-0.4, -0.2) is 113 Å². The molecule has 0 bridgehead atoms. The van der Waals surface area contributed by atoms with Crippen molar-refractivity contribution in [2.75, 3.05) is 21.3 Å². The number of benzene rings is 3. The Bertz CT molecular complexity index is 2640. The maximum absolute atomic E-state index is 15.3. The Morgan fingerprint density at radius 1 is 0.483 bits per heavy atom. The third-order valence-corrected chi connectivity index (χ3v) is 16.8. The lowest BCUT2D eigenvalue weighted by Gasteiger charge is -2.35. The second-order valence-electron chi connectivity index (χ2n) is 22.7. The molecule has 0 unspecified atom stereocenters. The molecule has 484 valence electrons. The van der Waals surface area contributed by atoms with E-state index in [1.807, 2.05) is 0 Å². The lowest BCUT2D eigenvalue weighted by molar-refractivity contribution is -0.281. The number of cyclic esters (lactones) is 1. The molecule has 0 aliphatic carbocycles. The minimum atomic E-state index is -5.37. The maximum atomic E-state index is 15.3. The Balaban J connectivity index is 1.21. The van der Waals surface area contributed by atoms with E-state index in [0.717, 1.165) is 75.6 Å². The average Bonchev–Trinajstić information content (AvgIpc) is 1.63. The van der Waals surface area contributed by atoms with Gasteiger partial charge < -0.3 is 42.6 Å². The summed E-state index contributed by atoms with van der Waals surface area (Å²) < 4.78 is 187. The molecule has 22 heteroatoms. The van der Waals surface area contributed by atoms with Gasteiger partial charge >= 0.3 is 42.4 Å². The van der Waals surface area contributed by atoms with Crippen molar-refractivity contribution in [3.63, 3.8) is 0 Å². The summed E-state index contributed by atoms with van der Waals surface area (Å²) in [7, 11) is 2.20. The van der Waals surface area contributed by atoms with Crippen LogP contribution in [0.3, 0.4) is 0 Å². The molecule has 11 atom stereocenters. The van der Waals surface area contributed by atoms with Crippen molar-refractivity contribution in [1.29, 1.82) is 0 Å². The molecule has 0 radical (unpaired) electrons. The van der Waals surface area contributed by atoms with Gasteiger partial charge in [-0.1, -0.05) is 169 Å². The summed E-state index contributed by atoms with van der Waals surface area (Å²) >= 11 is 0. The Morgan fingerprint density at radius 2 is 0.816 bits per heavy atom. The minimum Gasteiger partial charge on any atom is -0.459 e. The van der Waals surface area contributed by atoms with Crippen molar-refractivity contribution >= 4 is 23.9 Å². The Morgan fingerprint density at radius 3 is 1.15 bits per heavy atom. The van der Waals surface area contributed by atoms with Gasteiger partial charge in [-0.15, -0.1) is 0 Å². The molecule has 0 aromatic heterocycles. The first-order chi connectivity index (χ1) is 41.4. The highest BCUT2D eigenvalue weighted by Gasteiger charge is 2.67. The quantitative estimate of drug-likeness (QED) is 0.0238. The standard InChI is InChI=1S/C65H83F9O13/c1-6-7-8-9-10-11-12-13-14-15-16-26-36-50(86-58(77)61(80-4,64(69,70)71)47-31-22-18-23-32-47)52-38-40-54(84-52)55-41-39-53(85-55)51(87-59(78)62(81-5,65(72,73)74)48-33-24-19-25-34-48)37-28-27-35-49(43-45-42-44(2)82-56(45)75)83-57(76)60(79-3,63(66,67)68)46-29-20-17-21-30-46/h17-25,29-34,42,44,49-55H,6-16,26-28,35-41,43H2,1-5H3/t44-,49+,50+,51+,52+,53+,54+,55+,60+,61+,62+/m0/s1. The van der Waals surface area contributed by atoms with Crippen molar-refractivity contribution in [2.45, 2.75) is 239 Å². The molecule has 3 heterocycles. The van der Waals surface area contributed by atoms with E-state index in [9.17, 15) is 19.2 Å². The van der Waals surface area contributed by atoms with Crippen LogP contribution in [0.4, 0.5) is 39.5 Å². The van der Waals surface area contributed by atoms with Crippen molar-refractivity contribution in [3.05, 3.63) is 119 Å². The van der Waals surface area contributed by atoms with E-state index in [-0.39, 0.29) is 69.8 Å². The molecular formula is C65H83F9O13. The van der Waals surface area contributed by atoms with Crippen molar-refractivity contribution in [2.24, 2.45) is 0 Å². The van der Waals surface area contributed by atoms with Crippen LogP contribution < -0.4 is 0 Å². The fourth-order valence-electron chi connectivity index (χ4n) is 12.1. The zero-order chi connectivity index (χ0) is 63.5. The number of methoxy groups -OCH3 is 3. The monoisotopic (exact) mass is 1240 g/mol. The lowest BCUT2D eigenvalue weighted by atomic mass is 9.92. The number of esters is 4. The fraction of sp³-hybridized carbons (Fsp3) is 0.631. The first-order valence-corrected chi connectivity index (χ1v) is 30.3. The summed E-state index contributed by atoms with van der Waals surface area (Å²) in [4.78, 5) is 55.1. The summed E-state index contributed by atoms with van der Waals surface area (Å²) in [6, 6.07) is 18.7. The van der Waals surface area contributed by atoms with E-state index >= 15 is 39.5 Å². The van der Waals surface area contributed by atoms with E-state index in [1.165, 1.54) is 92.8 Å². The molecule has 13 nitrogen and oxygen atoms in total. The van der Waals surface area contributed by atoms with Gasteiger partial charge in [0.2, 0.25) is 0 Å². The summed E-state index contributed by atoms with van der Waals surface area (Å²) in [5, 5.41) is 0. The van der Waals surface area contributed by atoms with E-state index < -0.39 is 125 Å². The molecule has 0 saturated carbocycles. The average molecular weight is 1240 g/mol. The predicted octanol–water partition coefficient (Wildman–Crippen LogP) is 15.0. The number of hydrogen-bond donors (Lipinski definition) is 0. The van der Waals surface area contributed by atoms with Gasteiger partial charge in [-0.25, -0.2) is 19.2 Å². The van der Waals surface area contributed by atoms with Crippen LogP contribution in [0.2, 0.25) is 0 Å². The Hall–Kier alpha value is -5.55. The van der Waals surface area contributed by atoms with Crippen molar-refractivity contribution in [1.82, 2.24) is 0 Å². The van der Waals surface area contributed by atoms with Crippen LogP contribution in [0.25, 0.3) is 0 Å². The smallest absolute Gasteiger partial charge is 0.432 e. The molecule has 0 N–H and O–H groups in total. The molecule has 3 aromatic rings. The molecule has 3 aliphatic rings. The molecule has 2 fully saturated rings. The lowest BCUT2D eigenvalue weighted by Crippen LogP contribution is -2.53. The minimum absolute atomic E-state index is 0.0135. The van der Waals surface area contributed by atoms with Crippen LogP contribution in [0.1, 0.15) is 172 Å². The zero-order valence-electron chi connectivity index (χ0n) is 50.1. The highest BCUT2D eigenvalue weighted by Crippen LogP contribution is 2.47. The number of carbonyl (C=O) groups is 4. The molecule has 0 spiro atoms. The second-order valence-corrected chi connectivity index (χ2v) is 22.7. The summed E-state index contributed by atoms with van der Waals surface area (Å²) in [5.74, 6) is -6.09. The van der Waals surface area contributed by atoms with Gasteiger partial charge in [-0.3, -0.25) is 0 Å². The number of alkyl halides is 9. The third kappa shape index (κ3) is 17.2. The van der Waals surface area contributed by atoms with Crippen molar-refractivity contribution < 1.29 is 101 Å². The van der Waals surface area contributed by atoms with E-state index in [4.69, 9.17) is 42.6 Å². The number of unbranched alkanes of at least 4 members (excludes halogenated alkanes) is 12. The number of carbonyl (C=O) groups excluding carboxylic acids is 4.